The molecule has 0 saturated heterocycles. The van der Waals surface area contributed by atoms with Gasteiger partial charge in [-0.1, -0.05) is 13.8 Å². The second kappa shape index (κ2) is 5.25. The van der Waals surface area contributed by atoms with Crippen molar-refractivity contribution in [3.05, 3.63) is 29.8 Å². The minimum atomic E-state index is 0.601. The van der Waals surface area contributed by atoms with E-state index in [-0.39, 0.29) is 0 Å². The van der Waals surface area contributed by atoms with Gasteiger partial charge in [-0.2, -0.15) is 10.2 Å². The van der Waals surface area contributed by atoms with Gasteiger partial charge in [-0.15, -0.1) is 0 Å². The van der Waals surface area contributed by atoms with Crippen molar-refractivity contribution in [1.82, 2.24) is 19.6 Å². The van der Waals surface area contributed by atoms with Crippen LogP contribution in [0.15, 0.2) is 18.5 Å². The Balaban J connectivity index is 2.02. The Morgan fingerprint density at radius 1 is 1.39 bits per heavy atom. The van der Waals surface area contributed by atoms with Crippen molar-refractivity contribution >= 4 is 5.69 Å². The molecule has 0 atom stereocenters. The molecule has 18 heavy (non-hydrogen) atoms. The van der Waals surface area contributed by atoms with Crippen molar-refractivity contribution in [1.29, 1.82) is 0 Å². The number of nitrogens with one attached hydrogen (secondary N) is 1. The predicted molar refractivity (Wildman–Crippen MR) is 72.3 cm³/mol. The van der Waals surface area contributed by atoms with E-state index in [2.05, 4.69) is 40.1 Å². The van der Waals surface area contributed by atoms with Gasteiger partial charge in [0.1, 0.15) is 0 Å². The van der Waals surface area contributed by atoms with Crippen LogP contribution in [0.5, 0.6) is 0 Å². The molecular weight excluding hydrogens is 226 g/mol. The van der Waals surface area contributed by atoms with Crippen LogP contribution in [0.3, 0.4) is 0 Å². The molecule has 2 aromatic heterocycles. The molecule has 0 unspecified atom stereocenters. The minimum absolute atomic E-state index is 0.601. The van der Waals surface area contributed by atoms with Gasteiger partial charge < -0.3 is 5.32 Å². The highest BCUT2D eigenvalue weighted by Gasteiger charge is 2.06. The molecule has 5 heteroatoms. The molecule has 0 amide bonds. The number of hydrogen-bond acceptors (Lipinski definition) is 3. The lowest BCUT2D eigenvalue weighted by atomic mass is 10.2. The summed E-state index contributed by atoms with van der Waals surface area (Å²) in [5.74, 6) is 0.601. The molecule has 0 aliphatic heterocycles. The van der Waals surface area contributed by atoms with Crippen molar-refractivity contribution in [2.75, 3.05) is 5.32 Å². The highest BCUT2D eigenvalue weighted by molar-refractivity contribution is 5.45. The van der Waals surface area contributed by atoms with Crippen LogP contribution < -0.4 is 5.32 Å². The summed E-state index contributed by atoms with van der Waals surface area (Å²) in [5.41, 5.74) is 3.30. The summed E-state index contributed by atoms with van der Waals surface area (Å²) in [7, 11) is 1.93. The van der Waals surface area contributed by atoms with Crippen LogP contribution in [0, 0.1) is 12.8 Å². The first-order chi connectivity index (χ1) is 8.56. The maximum absolute atomic E-state index is 4.35. The first-order valence-electron chi connectivity index (χ1n) is 6.31. The van der Waals surface area contributed by atoms with Gasteiger partial charge in [-0.25, -0.2) is 0 Å². The normalized spacial score (nSPS) is 11.2. The van der Waals surface area contributed by atoms with E-state index in [1.54, 1.807) is 0 Å². The minimum Gasteiger partial charge on any atom is -0.377 e. The van der Waals surface area contributed by atoms with Crippen LogP contribution in [-0.2, 0) is 20.1 Å². The van der Waals surface area contributed by atoms with E-state index < -0.39 is 0 Å². The second-order valence-corrected chi connectivity index (χ2v) is 5.05. The second-order valence-electron chi connectivity index (χ2n) is 5.05. The fraction of sp³-hybridized carbons (Fsp3) is 0.538. The van der Waals surface area contributed by atoms with Crippen molar-refractivity contribution in [3.63, 3.8) is 0 Å². The number of hydrogen-bond donors (Lipinski definition) is 1. The zero-order chi connectivity index (χ0) is 13.1. The Hall–Kier alpha value is -1.78. The van der Waals surface area contributed by atoms with E-state index >= 15 is 0 Å². The summed E-state index contributed by atoms with van der Waals surface area (Å²) in [6, 6.07) is 2.06. The van der Waals surface area contributed by atoms with Crippen LogP contribution in [0.1, 0.15) is 25.2 Å². The first-order valence-corrected chi connectivity index (χ1v) is 6.31. The Bertz CT molecular complexity index is 509. The van der Waals surface area contributed by atoms with Crippen LogP contribution in [0.4, 0.5) is 5.69 Å². The SMILES string of the molecule is Cc1nn(C)cc1NCc1ccnn1CC(C)C. The molecule has 0 aliphatic rings. The maximum Gasteiger partial charge on any atom is 0.0825 e. The van der Waals surface area contributed by atoms with Gasteiger partial charge in [0.15, 0.2) is 0 Å². The van der Waals surface area contributed by atoms with Crippen LogP contribution in [-0.4, -0.2) is 19.6 Å². The molecule has 0 saturated carbocycles. The molecule has 0 aliphatic carbocycles. The van der Waals surface area contributed by atoms with Crippen LogP contribution in [0.25, 0.3) is 0 Å². The number of aryl methyl sites for hydroxylation is 2. The van der Waals surface area contributed by atoms with Crippen molar-refractivity contribution in [2.45, 2.75) is 33.9 Å². The largest absolute Gasteiger partial charge is 0.377 e. The molecule has 2 aromatic rings. The van der Waals surface area contributed by atoms with Crippen LogP contribution in [0.2, 0.25) is 0 Å². The van der Waals surface area contributed by atoms with Crippen LogP contribution >= 0.6 is 0 Å². The van der Waals surface area contributed by atoms with E-state index in [0.29, 0.717) is 5.92 Å². The monoisotopic (exact) mass is 247 g/mol. The zero-order valence-corrected chi connectivity index (χ0v) is 11.5. The predicted octanol–water partition coefficient (Wildman–Crippen LogP) is 2.19. The molecule has 2 rings (SSSR count). The summed E-state index contributed by atoms with van der Waals surface area (Å²) in [4.78, 5) is 0. The van der Waals surface area contributed by atoms with E-state index in [1.165, 1.54) is 5.69 Å². The Labute approximate surface area is 108 Å². The molecule has 0 fully saturated rings. The molecule has 98 valence electrons. The van der Waals surface area contributed by atoms with E-state index in [1.807, 2.05) is 31.0 Å². The fourth-order valence-electron chi connectivity index (χ4n) is 1.98. The lowest BCUT2D eigenvalue weighted by Crippen LogP contribution is -2.12. The Morgan fingerprint density at radius 3 is 2.78 bits per heavy atom. The van der Waals surface area contributed by atoms with E-state index in [9.17, 15) is 0 Å². The number of nitrogens with zero attached hydrogens (tertiary/aromatic N) is 4. The summed E-state index contributed by atoms with van der Waals surface area (Å²) in [6.07, 6.45) is 3.86. The Morgan fingerprint density at radius 2 is 2.17 bits per heavy atom. The molecule has 0 aromatic carbocycles. The Kier molecular flexibility index (Phi) is 3.69. The van der Waals surface area contributed by atoms with Gasteiger partial charge in [-0.3, -0.25) is 9.36 Å². The van der Waals surface area contributed by atoms with Gasteiger partial charge in [-0.05, 0) is 18.9 Å². The lowest BCUT2D eigenvalue weighted by Gasteiger charge is -2.10. The maximum atomic E-state index is 4.35. The summed E-state index contributed by atoms with van der Waals surface area (Å²) < 4.78 is 3.88. The van der Waals surface area contributed by atoms with Gasteiger partial charge in [0.05, 0.1) is 23.6 Å². The highest BCUT2D eigenvalue weighted by atomic mass is 15.3. The van der Waals surface area contributed by atoms with Gasteiger partial charge >= 0.3 is 0 Å². The van der Waals surface area contributed by atoms with E-state index in [4.69, 9.17) is 0 Å². The van der Waals surface area contributed by atoms with Gasteiger partial charge in [0.25, 0.3) is 0 Å². The first kappa shape index (κ1) is 12.7. The van der Waals surface area contributed by atoms with Crippen molar-refractivity contribution in [2.24, 2.45) is 13.0 Å². The van der Waals surface area contributed by atoms with E-state index in [0.717, 1.165) is 24.5 Å². The van der Waals surface area contributed by atoms with Gasteiger partial charge in [0, 0.05) is 26.0 Å². The quantitative estimate of drug-likeness (QED) is 0.881. The average Bonchev–Trinajstić information content (AvgIpc) is 2.82. The summed E-state index contributed by atoms with van der Waals surface area (Å²) in [5, 5.41) is 12.1. The number of rotatable bonds is 5. The third-order valence-corrected chi connectivity index (χ3v) is 2.82. The standard InChI is InChI=1S/C13H21N5/c1-10(2)8-18-12(5-6-15-18)7-14-13-9-17(4)16-11(13)3/h5-6,9-10,14H,7-8H2,1-4H3. The zero-order valence-electron chi connectivity index (χ0n) is 11.5. The molecule has 2 heterocycles. The average molecular weight is 247 g/mol. The van der Waals surface area contributed by atoms with Gasteiger partial charge in [0.2, 0.25) is 0 Å². The lowest BCUT2D eigenvalue weighted by molar-refractivity contribution is 0.470. The fourth-order valence-corrected chi connectivity index (χ4v) is 1.98. The number of aromatic nitrogens is 4. The summed E-state index contributed by atoms with van der Waals surface area (Å²) >= 11 is 0. The molecule has 0 spiro atoms. The smallest absolute Gasteiger partial charge is 0.0825 e. The van der Waals surface area contributed by atoms with Crippen molar-refractivity contribution in [3.8, 4) is 0 Å². The highest BCUT2D eigenvalue weighted by Crippen LogP contribution is 2.13. The molecular formula is C13H21N5. The van der Waals surface area contributed by atoms with Crippen molar-refractivity contribution < 1.29 is 0 Å². The number of anilines is 1. The molecule has 5 nitrogen and oxygen atoms in total. The summed E-state index contributed by atoms with van der Waals surface area (Å²) in [6.45, 7) is 8.14. The third kappa shape index (κ3) is 2.91. The third-order valence-electron chi connectivity index (χ3n) is 2.82. The molecule has 0 radical (unpaired) electrons. The topological polar surface area (TPSA) is 47.7 Å². The molecule has 1 N–H and O–H groups in total. The molecule has 0 bridgehead atoms.